The molecule has 1 aliphatic rings. The minimum absolute atomic E-state index is 0.00844. The molecule has 0 aliphatic carbocycles. The van der Waals surface area contributed by atoms with Crippen LogP contribution in [-0.2, 0) is 72.0 Å². The molecule has 13 amide bonds. The number of para-hydroxylation sites is 1. The van der Waals surface area contributed by atoms with Crippen LogP contribution in [0.2, 0.25) is 0 Å². The van der Waals surface area contributed by atoms with Crippen molar-refractivity contribution in [1.29, 1.82) is 0 Å². The van der Waals surface area contributed by atoms with Crippen LogP contribution in [0, 0.1) is 0 Å². The molecule has 1 fully saturated rings. The molecule has 1 aliphatic heterocycles. The van der Waals surface area contributed by atoms with Gasteiger partial charge in [-0.2, -0.15) is 0 Å². The van der Waals surface area contributed by atoms with Crippen molar-refractivity contribution in [3.63, 3.8) is 0 Å². The van der Waals surface area contributed by atoms with Crippen molar-refractivity contribution in [2.45, 2.75) is 189 Å². The van der Waals surface area contributed by atoms with Crippen molar-refractivity contribution >= 4 is 115 Å². The number of imide groups is 1. The number of aromatic amines is 2. The number of carbonyl (C=O) groups excluding carboxylic acids is 12. The molecule has 36 nitrogen and oxygen atoms in total. The average Bonchev–Trinajstić information content (AvgIpc) is 1.70. The van der Waals surface area contributed by atoms with Gasteiger partial charge in [0.1, 0.15) is 60.4 Å². The molecule has 0 saturated carbocycles. The summed E-state index contributed by atoms with van der Waals surface area (Å²) in [5, 5.41) is 30.9. The number of unbranched alkanes of at least 4 members (excludes halogenated alkanes) is 3. The van der Waals surface area contributed by atoms with E-state index in [4.69, 9.17) is 40.1 Å². The van der Waals surface area contributed by atoms with E-state index in [-0.39, 0.29) is 115 Å². The van der Waals surface area contributed by atoms with Gasteiger partial charge in [-0.3, -0.25) is 68.0 Å². The van der Waals surface area contributed by atoms with E-state index in [1.54, 1.807) is 42.8 Å². The molecule has 3 heterocycles. The fourth-order valence-electron chi connectivity index (χ4n) is 11.2. The Bertz CT molecular complexity index is 3560. The molecule has 2 aromatic heterocycles. The quantitative estimate of drug-likeness (QED) is 0.0111. The molecule has 5 rings (SSSR count). The lowest BCUT2D eigenvalue weighted by Gasteiger charge is -2.28. The van der Waals surface area contributed by atoms with Gasteiger partial charge in [0.15, 0.2) is 17.3 Å². The Balaban J connectivity index is 1.61. The van der Waals surface area contributed by atoms with Gasteiger partial charge >= 0.3 is 6.03 Å². The van der Waals surface area contributed by atoms with E-state index in [9.17, 15) is 57.5 Å². The maximum absolute atomic E-state index is 15.0. The number of imidazole rings is 1. The summed E-state index contributed by atoms with van der Waals surface area (Å²) in [6.45, 7) is 3.35. The first kappa shape index (κ1) is 85.6. The number of aliphatic imine (C=N–C) groups is 2. The summed E-state index contributed by atoms with van der Waals surface area (Å²) in [6, 6.07) is 0.504. The van der Waals surface area contributed by atoms with Gasteiger partial charge in [0.2, 0.25) is 59.1 Å². The minimum Gasteiger partial charge on any atom is -0.370 e. The molecular weight excluding hydrogens is 1400 g/mol. The van der Waals surface area contributed by atoms with Crippen LogP contribution < -0.4 is 104 Å². The maximum atomic E-state index is 15.0. The number of fused-ring (bicyclic) bond motifs is 1. The van der Waals surface area contributed by atoms with Crippen molar-refractivity contribution in [3.05, 3.63) is 90.1 Å². The molecule has 0 spiro atoms. The number of nitrogens with one attached hydrogen (secondary N) is 14. The van der Waals surface area contributed by atoms with Crippen molar-refractivity contribution in [2.24, 2.45) is 50.1 Å². The third-order valence-corrected chi connectivity index (χ3v) is 18.7. The Morgan fingerprint density at radius 1 is 0.438 bits per heavy atom. The zero-order valence-electron chi connectivity index (χ0n) is 59.4. The van der Waals surface area contributed by atoms with Gasteiger partial charge in [0.25, 0.3) is 5.91 Å². The minimum atomic E-state index is -1.58. The summed E-state index contributed by atoms with van der Waals surface area (Å²) in [5.74, 6) is -10.3. The second kappa shape index (κ2) is 45.9. The van der Waals surface area contributed by atoms with Crippen molar-refractivity contribution in [1.82, 2.24) is 78.8 Å². The van der Waals surface area contributed by atoms with E-state index in [1.165, 1.54) is 26.4 Å². The number of hydrogen-bond donors (Lipinski definition) is 21. The first-order valence-electron chi connectivity index (χ1n) is 35.0. The van der Waals surface area contributed by atoms with Crippen molar-refractivity contribution in [2.75, 3.05) is 39.0 Å². The highest BCUT2D eigenvalue weighted by Crippen LogP contribution is 2.23. The average molecular weight is 1500 g/mol. The Kier molecular flexibility index (Phi) is 37.4. The number of nitrogens with zero attached hydrogens (tertiary/aromatic N) is 3. The van der Waals surface area contributed by atoms with Gasteiger partial charge in [0, 0.05) is 54.9 Å². The molecule has 1 unspecified atom stereocenters. The fourth-order valence-corrected chi connectivity index (χ4v) is 12.7. The molecule has 2 aromatic carbocycles. The normalized spacial score (nSPS) is 23.0. The number of nitrogens with two attached hydrogens (primary N) is 7. The van der Waals surface area contributed by atoms with E-state index >= 15 is 0 Å². The van der Waals surface area contributed by atoms with Crippen LogP contribution in [0.5, 0.6) is 0 Å². The van der Waals surface area contributed by atoms with Gasteiger partial charge < -0.3 is 109 Å². The van der Waals surface area contributed by atoms with E-state index in [1.807, 2.05) is 24.3 Å². The van der Waals surface area contributed by atoms with Crippen LogP contribution in [0.15, 0.2) is 83.3 Å². The summed E-state index contributed by atoms with van der Waals surface area (Å²) in [4.78, 5) is 192. The Labute approximate surface area is 616 Å². The summed E-state index contributed by atoms with van der Waals surface area (Å²) in [5.41, 5.74) is 42.5. The number of urea groups is 1. The zero-order chi connectivity index (χ0) is 76.8. The summed E-state index contributed by atoms with van der Waals surface area (Å²) < 4.78 is 0. The second-order valence-electron chi connectivity index (χ2n) is 25.2. The third kappa shape index (κ3) is 30.3. The Morgan fingerprint density at radius 2 is 0.848 bits per heavy atom. The lowest BCUT2D eigenvalue weighted by molar-refractivity contribution is -0.136. The van der Waals surface area contributed by atoms with E-state index < -0.39 is 137 Å². The van der Waals surface area contributed by atoms with Gasteiger partial charge in [-0.15, -0.1) is 0 Å². The summed E-state index contributed by atoms with van der Waals surface area (Å²) >= 11 is 0. The highest BCUT2D eigenvalue weighted by atomic mass is 33.1. The number of guanidine groups is 2. The molecule has 0 radical (unpaired) electrons. The molecule has 28 N–H and O–H groups in total. The van der Waals surface area contributed by atoms with Crippen LogP contribution >= 0.6 is 21.6 Å². The number of hydrogen-bond acceptors (Lipinski definition) is 20. The number of rotatable bonds is 29. The molecule has 576 valence electrons. The number of amides is 13. The van der Waals surface area contributed by atoms with Gasteiger partial charge in [-0.05, 0) is 153 Å². The second-order valence-corrected chi connectivity index (χ2v) is 27.7. The fraction of sp³-hybridized carbons (Fsp3) is 0.537. The smallest absolute Gasteiger partial charge is 0.322 e. The molecule has 11 atom stereocenters. The largest absolute Gasteiger partial charge is 0.370 e. The molecular formula is C67H104N24O12S2. The van der Waals surface area contributed by atoms with Crippen molar-refractivity contribution in [3.8, 4) is 0 Å². The van der Waals surface area contributed by atoms with Crippen LogP contribution in [0.4, 0.5) is 4.79 Å². The lowest BCUT2D eigenvalue weighted by atomic mass is 10.0. The SMILES string of the molecule is CSSC1NC(=O)[C@H](CCCN=C(N)N)NC(=O)[C@H](CCCCN)NC(=O)[C@H](CCCCN)NC(=O)[C@H](CCCCN)NC(=O)[C@H](C)NC(=O)[C@H](C)NC(=O)[C@H](CCc2c[nH]c3ccccc23)NC(=O)[C@H](CCCN=C(N)N)NC(=O)[C@@H](Cc2ccccc2)NC(=O)[C@H](Cc2cnc[nH]2)NC(=O)NC1=O. The van der Waals surface area contributed by atoms with Gasteiger partial charge in [0.05, 0.1) is 6.33 Å². The zero-order valence-corrected chi connectivity index (χ0v) is 61.1. The maximum Gasteiger partial charge on any atom is 0.322 e. The number of benzene rings is 2. The molecule has 105 heavy (non-hydrogen) atoms. The first-order chi connectivity index (χ1) is 50.3. The number of H-pyrrole nitrogens is 2. The number of aromatic nitrogens is 3. The molecule has 0 bridgehead atoms. The summed E-state index contributed by atoms with van der Waals surface area (Å²) in [7, 11) is 1.84. The first-order valence-corrected chi connectivity index (χ1v) is 37.6. The predicted octanol–water partition coefficient (Wildman–Crippen LogP) is -3.13. The third-order valence-electron chi connectivity index (χ3n) is 16.9. The Morgan fingerprint density at radius 3 is 1.32 bits per heavy atom. The van der Waals surface area contributed by atoms with Gasteiger partial charge in [-0.1, -0.05) is 70.1 Å². The standard InChI is InChI=1S/C67H104N24O12S2/c1-38-53(92)80-39(2)54(93)82-45(21-9-12-28-68)56(95)83-46(22-10-13-29-69)57(96)84-47(23-11-14-30-70)58(97)85-49(25-16-32-77-66(73)74)60(99)90-64(105-104-3)63(102)91-67(103)89-52(34-42-36-75-37-79-42)62(101)88-51(33-40-17-5-4-6-18-40)61(100)86-48(24-15-31-76-65(71)72)59(98)87-50(55(94)81-38)27-26-41-35-78-44-20-8-7-19-43(41)44/h4-8,17-20,35-39,45-52,64,78H,9-16,21-34,68-70H2,1-3H3,(H,75,79)(H,80,92)(H,81,94)(H,82,93)(H,83,95)(H,84,96)(H,85,97)(H,86,100)(H,87,98)(H,88,101)(H,90,99)(H4,71,72,76)(H4,73,74,77)(H2,89,91,102,103)/t38-,39-,45-,46-,47-,48-,49-,50-,51+,52-,64?/m0/s1. The monoisotopic (exact) mass is 1500 g/mol. The van der Waals surface area contributed by atoms with Gasteiger partial charge in [-0.25, -0.2) is 9.78 Å². The Hall–Kier alpha value is -10.1. The van der Waals surface area contributed by atoms with Crippen LogP contribution in [0.3, 0.4) is 0 Å². The van der Waals surface area contributed by atoms with E-state index in [0.717, 1.165) is 38.1 Å². The van der Waals surface area contributed by atoms with Crippen molar-refractivity contribution < 1.29 is 57.5 Å². The number of carbonyl (C=O) groups is 12. The summed E-state index contributed by atoms with van der Waals surface area (Å²) in [6.07, 6.45) is 7.79. The van der Waals surface area contributed by atoms with Crippen LogP contribution in [0.25, 0.3) is 10.9 Å². The molecule has 38 heteroatoms. The topological polar surface area (TPSA) is 601 Å². The van der Waals surface area contributed by atoms with Crippen LogP contribution in [-0.4, -0.2) is 203 Å². The lowest BCUT2D eigenvalue weighted by Crippen LogP contribution is -2.60. The highest BCUT2D eigenvalue weighted by Gasteiger charge is 2.37. The van der Waals surface area contributed by atoms with E-state index in [2.05, 4.69) is 88.7 Å². The molecule has 4 aromatic rings. The van der Waals surface area contributed by atoms with Crippen LogP contribution in [0.1, 0.15) is 121 Å². The van der Waals surface area contributed by atoms with E-state index in [0.29, 0.717) is 49.8 Å². The highest BCUT2D eigenvalue weighted by molar-refractivity contribution is 8.76. The molecule has 1 saturated heterocycles. The number of aryl methyl sites for hydroxylation is 1. The predicted molar refractivity (Wildman–Crippen MR) is 400 cm³/mol.